The third-order valence-electron chi connectivity index (χ3n) is 0.847. The van der Waals surface area contributed by atoms with Crippen LogP contribution in [-0.4, -0.2) is 17.8 Å². The van der Waals surface area contributed by atoms with E-state index in [0.29, 0.717) is 0 Å². The summed E-state index contributed by atoms with van der Waals surface area (Å²) in [6.07, 6.45) is 0.719. The summed E-state index contributed by atoms with van der Waals surface area (Å²) in [6.45, 7) is 2.11. The van der Waals surface area contributed by atoms with Crippen molar-refractivity contribution in [2.45, 2.75) is 19.4 Å². The van der Waals surface area contributed by atoms with Gasteiger partial charge in [-0.3, -0.25) is 11.3 Å². The van der Waals surface area contributed by atoms with Crippen LogP contribution in [0.25, 0.3) is 0 Å². The van der Waals surface area contributed by atoms with Crippen LogP contribution in [0.1, 0.15) is 13.3 Å². The molecule has 0 spiro atoms. The third kappa shape index (κ3) is 3.72. The molecule has 4 N–H and O–H groups in total. The van der Waals surface area contributed by atoms with Crippen LogP contribution in [0.2, 0.25) is 0 Å². The maximum absolute atomic E-state index is 8.27. The van der Waals surface area contributed by atoms with Gasteiger partial charge in [0.2, 0.25) is 0 Å². The molecule has 0 unspecified atom stereocenters. The molecule has 0 aromatic heterocycles. The Hall–Kier alpha value is -0.120. The van der Waals surface area contributed by atoms with Gasteiger partial charge in [-0.05, 0) is 13.3 Å². The van der Waals surface area contributed by atoms with E-state index < -0.39 is 0 Å². The highest BCUT2D eigenvalue weighted by Gasteiger charge is 1.92. The first kappa shape index (κ1) is 6.88. The molecule has 0 heterocycles. The Morgan fingerprint density at radius 3 is 2.57 bits per heavy atom. The fourth-order valence-corrected chi connectivity index (χ4v) is 0.277. The second-order valence-corrected chi connectivity index (χ2v) is 1.58. The number of aliphatic hydroxyl groups excluding tert-OH is 1. The van der Waals surface area contributed by atoms with Gasteiger partial charge < -0.3 is 5.11 Å². The Bertz CT molecular complexity index is 40.7. The Kier molecular flexibility index (Phi) is 3.98. The minimum atomic E-state index is 0.200. The van der Waals surface area contributed by atoms with Crippen LogP contribution in [0.4, 0.5) is 0 Å². The van der Waals surface area contributed by atoms with E-state index >= 15 is 0 Å². The summed E-state index contributed by atoms with van der Waals surface area (Å²) in [7, 11) is 0. The fourth-order valence-electron chi connectivity index (χ4n) is 0.277. The molecule has 0 bridgehead atoms. The van der Waals surface area contributed by atoms with E-state index in [1.54, 1.807) is 0 Å². The first-order valence-corrected chi connectivity index (χ1v) is 2.38. The van der Waals surface area contributed by atoms with Gasteiger partial charge in [0.15, 0.2) is 0 Å². The number of aliphatic hydroxyl groups is 1. The maximum Gasteiger partial charge on any atom is 0.0446 e. The molecule has 0 aromatic carbocycles. The van der Waals surface area contributed by atoms with Gasteiger partial charge in [0.05, 0.1) is 0 Å². The van der Waals surface area contributed by atoms with E-state index in [1.165, 1.54) is 0 Å². The summed E-state index contributed by atoms with van der Waals surface area (Å²) in [5.74, 6) is 5.00. The Balaban J connectivity index is 2.83. The molecule has 0 rings (SSSR count). The van der Waals surface area contributed by atoms with Crippen molar-refractivity contribution >= 4 is 0 Å². The third-order valence-corrected chi connectivity index (χ3v) is 0.847. The Labute approximate surface area is 43.5 Å². The summed E-state index contributed by atoms with van der Waals surface area (Å²) in [5, 5.41) is 8.27. The van der Waals surface area contributed by atoms with Gasteiger partial charge in [0.25, 0.3) is 0 Å². The maximum atomic E-state index is 8.27. The highest BCUT2D eigenvalue weighted by atomic mass is 16.3. The summed E-state index contributed by atoms with van der Waals surface area (Å²) in [4.78, 5) is 0. The van der Waals surface area contributed by atoms with Crippen molar-refractivity contribution in [3.05, 3.63) is 0 Å². The molecule has 0 amide bonds. The Morgan fingerprint density at radius 1 is 1.86 bits per heavy atom. The first-order valence-electron chi connectivity index (χ1n) is 2.38. The van der Waals surface area contributed by atoms with Gasteiger partial charge in [-0.1, -0.05) is 0 Å². The molecular formula is C4H12N2O. The lowest BCUT2D eigenvalue weighted by Gasteiger charge is -2.04. The largest absolute Gasteiger partial charge is 0.396 e. The molecule has 3 heteroatoms. The predicted octanol–water partition coefficient (Wildman–Crippen LogP) is -0.779. The van der Waals surface area contributed by atoms with Gasteiger partial charge in [0, 0.05) is 12.6 Å². The summed E-state index contributed by atoms with van der Waals surface area (Å²) in [5.41, 5.74) is 2.51. The van der Waals surface area contributed by atoms with Gasteiger partial charge in [-0.2, -0.15) is 0 Å². The van der Waals surface area contributed by atoms with Gasteiger partial charge in [-0.25, -0.2) is 0 Å². The average Bonchev–Trinajstić information content (AvgIpc) is 1.68. The molecule has 0 aliphatic carbocycles. The van der Waals surface area contributed by atoms with E-state index in [9.17, 15) is 0 Å². The first-order chi connectivity index (χ1) is 3.31. The predicted molar refractivity (Wildman–Crippen MR) is 28.5 cm³/mol. The van der Waals surface area contributed by atoms with Crippen LogP contribution in [-0.2, 0) is 0 Å². The van der Waals surface area contributed by atoms with Crippen molar-refractivity contribution < 1.29 is 5.11 Å². The number of nitrogens with two attached hydrogens (primary N) is 1. The highest BCUT2D eigenvalue weighted by molar-refractivity contribution is 4.51. The van der Waals surface area contributed by atoms with E-state index in [0.717, 1.165) is 6.42 Å². The lowest BCUT2D eigenvalue weighted by molar-refractivity contribution is 0.269. The normalized spacial score (nSPS) is 14.1. The summed E-state index contributed by atoms with van der Waals surface area (Å²) < 4.78 is 0. The average molecular weight is 104 g/mol. The second kappa shape index (κ2) is 4.05. The van der Waals surface area contributed by atoms with Crippen LogP contribution < -0.4 is 11.3 Å². The van der Waals surface area contributed by atoms with Gasteiger partial charge >= 0.3 is 0 Å². The molecule has 7 heavy (non-hydrogen) atoms. The van der Waals surface area contributed by atoms with Crippen LogP contribution in [0, 0.1) is 0 Å². The van der Waals surface area contributed by atoms with Crippen molar-refractivity contribution in [3.63, 3.8) is 0 Å². The molecule has 3 nitrogen and oxygen atoms in total. The summed E-state index contributed by atoms with van der Waals surface area (Å²) in [6, 6.07) is 0.227. The van der Waals surface area contributed by atoms with Gasteiger partial charge in [0.1, 0.15) is 0 Å². The minimum Gasteiger partial charge on any atom is -0.396 e. The van der Waals surface area contributed by atoms with E-state index in [1.807, 2.05) is 6.92 Å². The quantitative estimate of drug-likeness (QED) is 0.325. The molecular weight excluding hydrogens is 92.1 g/mol. The van der Waals surface area contributed by atoms with Crippen molar-refractivity contribution in [1.82, 2.24) is 5.43 Å². The van der Waals surface area contributed by atoms with Gasteiger partial charge in [-0.15, -0.1) is 0 Å². The molecule has 0 saturated carbocycles. The van der Waals surface area contributed by atoms with Crippen molar-refractivity contribution in [1.29, 1.82) is 0 Å². The zero-order valence-electron chi connectivity index (χ0n) is 4.52. The van der Waals surface area contributed by atoms with E-state index in [-0.39, 0.29) is 12.6 Å². The summed E-state index contributed by atoms with van der Waals surface area (Å²) >= 11 is 0. The molecule has 0 fully saturated rings. The molecule has 0 saturated heterocycles. The van der Waals surface area contributed by atoms with E-state index in [2.05, 4.69) is 5.43 Å². The fraction of sp³-hybridized carbons (Fsp3) is 1.00. The number of nitrogens with one attached hydrogen (secondary N) is 1. The van der Waals surface area contributed by atoms with Crippen LogP contribution in [0.3, 0.4) is 0 Å². The zero-order chi connectivity index (χ0) is 5.70. The monoisotopic (exact) mass is 104 g/mol. The number of hydrogen-bond donors (Lipinski definition) is 3. The molecule has 0 radical (unpaired) electrons. The SMILES string of the molecule is C[C@@H](CCO)NN. The lowest BCUT2D eigenvalue weighted by Crippen LogP contribution is -2.32. The number of hydrogen-bond acceptors (Lipinski definition) is 3. The van der Waals surface area contributed by atoms with Crippen molar-refractivity contribution in [2.24, 2.45) is 5.84 Å². The molecule has 0 aliphatic rings. The van der Waals surface area contributed by atoms with E-state index in [4.69, 9.17) is 10.9 Å². The number of rotatable bonds is 3. The topological polar surface area (TPSA) is 58.3 Å². The Morgan fingerprint density at radius 2 is 2.43 bits per heavy atom. The molecule has 0 aliphatic heterocycles. The highest BCUT2D eigenvalue weighted by Crippen LogP contribution is 1.82. The molecule has 44 valence electrons. The van der Waals surface area contributed by atoms with Crippen LogP contribution in [0.5, 0.6) is 0 Å². The lowest BCUT2D eigenvalue weighted by atomic mass is 10.3. The molecule has 1 atom stereocenters. The smallest absolute Gasteiger partial charge is 0.0446 e. The van der Waals surface area contributed by atoms with Crippen LogP contribution in [0.15, 0.2) is 0 Å². The minimum absolute atomic E-state index is 0.200. The number of hydrazine groups is 1. The second-order valence-electron chi connectivity index (χ2n) is 1.58. The van der Waals surface area contributed by atoms with Crippen LogP contribution >= 0.6 is 0 Å². The zero-order valence-corrected chi connectivity index (χ0v) is 4.52. The molecule has 0 aromatic rings. The van der Waals surface area contributed by atoms with Crippen molar-refractivity contribution in [3.8, 4) is 0 Å². The standard InChI is InChI=1S/C4H12N2O/c1-4(6-5)2-3-7/h4,6-7H,2-3,5H2,1H3/t4-/m0/s1. The van der Waals surface area contributed by atoms with Crippen molar-refractivity contribution in [2.75, 3.05) is 6.61 Å².